The SMILES string of the molecule is Cc1ccc2c(c1)CCCN2C(=O)c1csc(-c2ccco2)n1. The molecule has 116 valence electrons. The Hall–Kier alpha value is -2.40. The lowest BCUT2D eigenvalue weighted by atomic mass is 9.99. The van der Waals surface area contributed by atoms with Gasteiger partial charge in [-0.1, -0.05) is 17.7 Å². The topological polar surface area (TPSA) is 46.3 Å². The van der Waals surface area contributed by atoms with Gasteiger partial charge in [0.2, 0.25) is 0 Å². The number of fused-ring (bicyclic) bond motifs is 1. The molecule has 1 aromatic carbocycles. The zero-order valence-electron chi connectivity index (χ0n) is 12.8. The van der Waals surface area contributed by atoms with Crippen LogP contribution in [0.2, 0.25) is 0 Å². The molecule has 5 heteroatoms. The molecule has 3 aromatic rings. The van der Waals surface area contributed by atoms with Gasteiger partial charge in [-0.2, -0.15) is 0 Å². The highest BCUT2D eigenvalue weighted by Gasteiger charge is 2.25. The predicted molar refractivity (Wildman–Crippen MR) is 91.0 cm³/mol. The molecule has 1 amide bonds. The van der Waals surface area contributed by atoms with Crippen LogP contribution in [0.1, 0.15) is 28.0 Å². The molecule has 4 rings (SSSR count). The minimum Gasteiger partial charge on any atom is -0.462 e. The third-order valence-corrected chi connectivity index (χ3v) is 4.91. The van der Waals surface area contributed by atoms with Gasteiger partial charge in [-0.3, -0.25) is 4.79 Å². The summed E-state index contributed by atoms with van der Waals surface area (Å²) in [6.07, 6.45) is 3.62. The number of hydrogen-bond donors (Lipinski definition) is 0. The van der Waals surface area contributed by atoms with E-state index < -0.39 is 0 Å². The molecule has 0 spiro atoms. The predicted octanol–water partition coefficient (Wildman–Crippen LogP) is 4.30. The summed E-state index contributed by atoms with van der Waals surface area (Å²) in [4.78, 5) is 19.2. The Balaban J connectivity index is 1.66. The van der Waals surface area contributed by atoms with Crippen molar-refractivity contribution in [2.45, 2.75) is 19.8 Å². The average Bonchev–Trinajstić information content (AvgIpc) is 3.24. The molecule has 23 heavy (non-hydrogen) atoms. The van der Waals surface area contributed by atoms with E-state index in [-0.39, 0.29) is 5.91 Å². The van der Waals surface area contributed by atoms with Crippen LogP contribution in [0, 0.1) is 6.92 Å². The number of rotatable bonds is 2. The van der Waals surface area contributed by atoms with Crippen molar-refractivity contribution >= 4 is 22.9 Å². The highest BCUT2D eigenvalue weighted by molar-refractivity contribution is 7.13. The van der Waals surface area contributed by atoms with Crippen molar-refractivity contribution in [2.75, 3.05) is 11.4 Å². The number of amides is 1. The van der Waals surface area contributed by atoms with E-state index in [1.807, 2.05) is 28.5 Å². The molecule has 3 heterocycles. The first-order chi connectivity index (χ1) is 11.2. The van der Waals surface area contributed by atoms with Gasteiger partial charge in [-0.05, 0) is 43.5 Å². The Morgan fingerprint density at radius 1 is 1.35 bits per heavy atom. The Morgan fingerprint density at radius 2 is 2.26 bits per heavy atom. The number of thiazole rings is 1. The number of anilines is 1. The summed E-state index contributed by atoms with van der Waals surface area (Å²) < 4.78 is 5.35. The van der Waals surface area contributed by atoms with E-state index >= 15 is 0 Å². The summed E-state index contributed by atoms with van der Waals surface area (Å²) in [5.74, 6) is 0.660. The number of hydrogen-bond acceptors (Lipinski definition) is 4. The maximum Gasteiger partial charge on any atom is 0.277 e. The zero-order chi connectivity index (χ0) is 15.8. The first kappa shape index (κ1) is 14.2. The Bertz CT molecular complexity index is 852. The summed E-state index contributed by atoms with van der Waals surface area (Å²) in [6, 6.07) is 9.94. The maximum absolute atomic E-state index is 12.9. The summed E-state index contributed by atoms with van der Waals surface area (Å²) in [5, 5.41) is 2.54. The fourth-order valence-electron chi connectivity index (χ4n) is 2.96. The zero-order valence-corrected chi connectivity index (χ0v) is 13.6. The fourth-order valence-corrected chi connectivity index (χ4v) is 3.72. The summed E-state index contributed by atoms with van der Waals surface area (Å²) in [7, 11) is 0. The standard InChI is InChI=1S/C18H16N2O2S/c1-12-6-7-15-13(10-12)4-2-8-20(15)18(21)14-11-23-17(19-14)16-5-3-9-22-16/h3,5-7,9-11H,2,4,8H2,1H3. The molecule has 1 aliphatic heterocycles. The van der Waals surface area contributed by atoms with Crippen LogP contribution in [0.15, 0.2) is 46.4 Å². The molecule has 0 fully saturated rings. The van der Waals surface area contributed by atoms with Gasteiger partial charge in [0.05, 0.1) is 6.26 Å². The number of carbonyl (C=O) groups excluding carboxylic acids is 1. The highest BCUT2D eigenvalue weighted by atomic mass is 32.1. The lowest BCUT2D eigenvalue weighted by Gasteiger charge is -2.29. The lowest BCUT2D eigenvalue weighted by Crippen LogP contribution is -2.35. The molecule has 0 unspecified atom stereocenters. The number of nitrogens with zero attached hydrogens (tertiary/aromatic N) is 2. The van der Waals surface area contributed by atoms with Crippen LogP contribution in [-0.4, -0.2) is 17.4 Å². The summed E-state index contributed by atoms with van der Waals surface area (Å²) in [6.45, 7) is 2.82. The van der Waals surface area contributed by atoms with Crippen molar-refractivity contribution in [3.05, 3.63) is 58.8 Å². The third-order valence-electron chi connectivity index (χ3n) is 4.05. The van der Waals surface area contributed by atoms with Gasteiger partial charge in [0.25, 0.3) is 5.91 Å². The Kier molecular flexibility index (Phi) is 3.50. The van der Waals surface area contributed by atoms with Gasteiger partial charge in [0.1, 0.15) is 5.69 Å². The highest BCUT2D eigenvalue weighted by Crippen LogP contribution is 2.30. The molecular weight excluding hydrogens is 308 g/mol. The normalized spacial score (nSPS) is 13.9. The smallest absolute Gasteiger partial charge is 0.277 e. The van der Waals surface area contributed by atoms with E-state index in [1.165, 1.54) is 22.5 Å². The maximum atomic E-state index is 12.9. The van der Waals surface area contributed by atoms with Gasteiger partial charge in [-0.15, -0.1) is 11.3 Å². The summed E-state index contributed by atoms with van der Waals surface area (Å²) >= 11 is 1.43. The van der Waals surface area contributed by atoms with Crippen molar-refractivity contribution in [2.24, 2.45) is 0 Å². The molecule has 0 saturated carbocycles. The number of aryl methyl sites for hydroxylation is 2. The molecule has 0 N–H and O–H groups in total. The first-order valence-corrected chi connectivity index (χ1v) is 8.51. The van der Waals surface area contributed by atoms with Crippen molar-refractivity contribution in [1.29, 1.82) is 0 Å². The molecule has 4 nitrogen and oxygen atoms in total. The van der Waals surface area contributed by atoms with Crippen molar-refractivity contribution in [1.82, 2.24) is 4.98 Å². The fraction of sp³-hybridized carbons (Fsp3) is 0.222. The van der Waals surface area contributed by atoms with Gasteiger partial charge in [0.15, 0.2) is 10.8 Å². The molecule has 0 radical (unpaired) electrons. The number of aromatic nitrogens is 1. The molecule has 0 bridgehead atoms. The van der Waals surface area contributed by atoms with E-state index in [9.17, 15) is 4.79 Å². The van der Waals surface area contributed by atoms with Crippen LogP contribution in [-0.2, 0) is 6.42 Å². The van der Waals surface area contributed by atoms with Gasteiger partial charge in [0, 0.05) is 17.6 Å². The molecule has 0 aliphatic carbocycles. The lowest BCUT2D eigenvalue weighted by molar-refractivity contribution is 0.0981. The largest absolute Gasteiger partial charge is 0.462 e. The minimum atomic E-state index is -0.0381. The first-order valence-electron chi connectivity index (χ1n) is 7.63. The van der Waals surface area contributed by atoms with Crippen LogP contribution in [0.25, 0.3) is 10.8 Å². The number of carbonyl (C=O) groups is 1. The molecule has 2 aromatic heterocycles. The van der Waals surface area contributed by atoms with E-state index in [1.54, 1.807) is 6.26 Å². The van der Waals surface area contributed by atoms with Crippen LogP contribution in [0.4, 0.5) is 5.69 Å². The number of benzene rings is 1. The van der Waals surface area contributed by atoms with Crippen molar-refractivity contribution in [3.63, 3.8) is 0 Å². The molecular formula is C18H16N2O2S. The second-order valence-electron chi connectivity index (χ2n) is 5.71. The van der Waals surface area contributed by atoms with E-state index in [0.717, 1.165) is 30.1 Å². The quantitative estimate of drug-likeness (QED) is 0.706. The second kappa shape index (κ2) is 5.66. The van der Waals surface area contributed by atoms with Gasteiger partial charge in [-0.25, -0.2) is 4.98 Å². The van der Waals surface area contributed by atoms with Crippen LogP contribution < -0.4 is 4.90 Å². The van der Waals surface area contributed by atoms with Crippen molar-refractivity contribution in [3.8, 4) is 10.8 Å². The van der Waals surface area contributed by atoms with E-state index in [0.29, 0.717) is 11.5 Å². The van der Waals surface area contributed by atoms with Crippen LogP contribution >= 0.6 is 11.3 Å². The van der Waals surface area contributed by atoms with E-state index in [4.69, 9.17) is 4.42 Å². The minimum absolute atomic E-state index is 0.0381. The second-order valence-corrected chi connectivity index (χ2v) is 6.57. The molecule has 0 atom stereocenters. The third kappa shape index (κ3) is 2.57. The number of furan rings is 1. The molecule has 0 saturated heterocycles. The van der Waals surface area contributed by atoms with Gasteiger partial charge >= 0.3 is 0 Å². The Morgan fingerprint density at radius 3 is 3.09 bits per heavy atom. The van der Waals surface area contributed by atoms with E-state index in [2.05, 4.69) is 24.0 Å². The average molecular weight is 324 g/mol. The Labute approximate surface area is 138 Å². The molecule has 1 aliphatic rings. The monoisotopic (exact) mass is 324 g/mol. The van der Waals surface area contributed by atoms with Crippen LogP contribution in [0.5, 0.6) is 0 Å². The van der Waals surface area contributed by atoms with Gasteiger partial charge < -0.3 is 9.32 Å². The summed E-state index contributed by atoms with van der Waals surface area (Å²) in [5.41, 5.74) is 3.96. The van der Waals surface area contributed by atoms with Crippen LogP contribution in [0.3, 0.4) is 0 Å². The van der Waals surface area contributed by atoms with Crippen molar-refractivity contribution < 1.29 is 9.21 Å².